The molecule has 0 bridgehead atoms. The number of pyridine rings is 1. The van der Waals surface area contributed by atoms with Crippen LogP contribution in [0.5, 0.6) is 0 Å². The fraction of sp³-hybridized carbons (Fsp3) is 0.125. The normalized spacial score (nSPS) is 11.9. The Kier molecular flexibility index (Phi) is 4.57. The van der Waals surface area contributed by atoms with Crippen molar-refractivity contribution in [2.24, 2.45) is 0 Å². The van der Waals surface area contributed by atoms with Gasteiger partial charge < -0.3 is 0 Å². The third-order valence-electron chi connectivity index (χ3n) is 3.44. The van der Waals surface area contributed by atoms with Gasteiger partial charge in [0.15, 0.2) is 14.9 Å². The van der Waals surface area contributed by atoms with E-state index < -0.39 is 22.0 Å². The van der Waals surface area contributed by atoms with Crippen LogP contribution in [-0.4, -0.2) is 29.4 Å². The summed E-state index contributed by atoms with van der Waals surface area (Å²) in [6.45, 7) is 0. The standard InChI is InChI=1S/C16H12ClF2N3O2S/c1-25(23,24)15-7-6-12(9-20-15)22-14(8-13(21-22)16(18)19)10-2-4-11(17)5-3-10/h2-9,16H,1H3. The number of hydrogen-bond donors (Lipinski definition) is 0. The summed E-state index contributed by atoms with van der Waals surface area (Å²) in [4.78, 5) is 3.87. The molecule has 2 aromatic heterocycles. The van der Waals surface area contributed by atoms with Gasteiger partial charge in [-0.1, -0.05) is 23.7 Å². The Hall–Kier alpha value is -2.32. The number of rotatable bonds is 4. The number of aromatic nitrogens is 3. The molecule has 0 atom stereocenters. The fourth-order valence-electron chi connectivity index (χ4n) is 2.25. The largest absolute Gasteiger partial charge is 0.282 e. The molecule has 5 nitrogen and oxygen atoms in total. The number of hydrogen-bond acceptors (Lipinski definition) is 4. The van der Waals surface area contributed by atoms with Crippen LogP contribution < -0.4 is 0 Å². The van der Waals surface area contributed by atoms with Gasteiger partial charge in [0, 0.05) is 16.8 Å². The molecule has 3 rings (SSSR count). The molecule has 2 heterocycles. The Balaban J connectivity index is 2.13. The highest BCUT2D eigenvalue weighted by atomic mass is 35.5. The molecule has 0 aliphatic rings. The van der Waals surface area contributed by atoms with Crippen LogP contribution in [0.15, 0.2) is 53.7 Å². The number of halogens is 3. The minimum Gasteiger partial charge on any atom is -0.242 e. The van der Waals surface area contributed by atoms with Crippen molar-refractivity contribution >= 4 is 21.4 Å². The van der Waals surface area contributed by atoms with Gasteiger partial charge in [-0.05, 0) is 30.3 Å². The van der Waals surface area contributed by atoms with Crippen molar-refractivity contribution in [1.82, 2.24) is 14.8 Å². The second-order valence-corrected chi connectivity index (χ2v) is 7.70. The SMILES string of the molecule is CS(=O)(=O)c1ccc(-n2nc(C(F)F)cc2-c2ccc(Cl)cc2)cn1. The second-order valence-electron chi connectivity index (χ2n) is 5.30. The molecule has 0 radical (unpaired) electrons. The highest BCUT2D eigenvalue weighted by Gasteiger charge is 2.18. The summed E-state index contributed by atoms with van der Waals surface area (Å²) < 4.78 is 50.5. The van der Waals surface area contributed by atoms with Crippen LogP contribution in [0.3, 0.4) is 0 Å². The molecule has 130 valence electrons. The Morgan fingerprint density at radius 3 is 2.32 bits per heavy atom. The molecule has 3 aromatic rings. The zero-order chi connectivity index (χ0) is 18.2. The van der Waals surface area contributed by atoms with E-state index in [1.165, 1.54) is 29.1 Å². The van der Waals surface area contributed by atoms with Crippen LogP contribution in [0.25, 0.3) is 16.9 Å². The van der Waals surface area contributed by atoms with Crippen LogP contribution in [0.1, 0.15) is 12.1 Å². The molecule has 0 aliphatic heterocycles. The molecule has 25 heavy (non-hydrogen) atoms. The van der Waals surface area contributed by atoms with Crippen LogP contribution in [0.4, 0.5) is 8.78 Å². The minimum absolute atomic E-state index is 0.106. The Morgan fingerprint density at radius 2 is 1.80 bits per heavy atom. The van der Waals surface area contributed by atoms with Crippen molar-refractivity contribution in [3.63, 3.8) is 0 Å². The number of benzene rings is 1. The average molecular weight is 384 g/mol. The predicted octanol–water partition coefficient (Wildman–Crippen LogP) is 3.93. The first kappa shape index (κ1) is 17.5. The van der Waals surface area contributed by atoms with Gasteiger partial charge in [-0.15, -0.1) is 0 Å². The minimum atomic E-state index is -3.45. The van der Waals surface area contributed by atoms with E-state index in [1.807, 2.05) is 0 Å². The van der Waals surface area contributed by atoms with Crippen LogP contribution in [-0.2, 0) is 9.84 Å². The first-order valence-electron chi connectivity index (χ1n) is 7.06. The van der Waals surface area contributed by atoms with E-state index in [4.69, 9.17) is 11.6 Å². The lowest BCUT2D eigenvalue weighted by atomic mass is 10.1. The number of alkyl halides is 2. The van der Waals surface area contributed by atoms with E-state index in [0.29, 0.717) is 22.0 Å². The maximum absolute atomic E-state index is 13.1. The Bertz CT molecular complexity index is 1000. The Morgan fingerprint density at radius 1 is 1.12 bits per heavy atom. The molecule has 0 aliphatic carbocycles. The zero-order valence-electron chi connectivity index (χ0n) is 12.9. The second kappa shape index (κ2) is 6.53. The highest BCUT2D eigenvalue weighted by Crippen LogP contribution is 2.29. The molecular weight excluding hydrogens is 372 g/mol. The van der Waals surface area contributed by atoms with Crippen LogP contribution in [0.2, 0.25) is 5.02 Å². The number of nitrogens with zero attached hydrogens (tertiary/aromatic N) is 3. The molecule has 0 saturated carbocycles. The van der Waals surface area contributed by atoms with Gasteiger partial charge in [0.05, 0.1) is 17.6 Å². The summed E-state index contributed by atoms with van der Waals surface area (Å²) in [5.74, 6) is 0. The average Bonchev–Trinajstić information content (AvgIpc) is 3.00. The molecule has 0 unspecified atom stereocenters. The smallest absolute Gasteiger partial charge is 0.242 e. The van der Waals surface area contributed by atoms with Crippen molar-refractivity contribution in [2.75, 3.05) is 6.26 Å². The Labute approximate surface area is 147 Å². The maximum atomic E-state index is 13.1. The van der Waals surface area contributed by atoms with E-state index in [0.717, 1.165) is 6.26 Å². The van der Waals surface area contributed by atoms with Crippen LogP contribution in [0, 0.1) is 0 Å². The topological polar surface area (TPSA) is 64.8 Å². The maximum Gasteiger partial charge on any atom is 0.282 e. The van der Waals surface area contributed by atoms with Crippen molar-refractivity contribution in [3.05, 3.63) is 59.4 Å². The molecule has 0 spiro atoms. The first-order valence-corrected chi connectivity index (χ1v) is 9.33. The van der Waals surface area contributed by atoms with Gasteiger partial charge >= 0.3 is 0 Å². The van der Waals surface area contributed by atoms with Crippen LogP contribution >= 0.6 is 11.6 Å². The lowest BCUT2D eigenvalue weighted by Gasteiger charge is -2.08. The van der Waals surface area contributed by atoms with Gasteiger partial charge in [0.25, 0.3) is 6.43 Å². The van der Waals surface area contributed by atoms with Gasteiger partial charge in [-0.3, -0.25) is 0 Å². The van der Waals surface area contributed by atoms with E-state index in [-0.39, 0.29) is 5.03 Å². The molecule has 9 heteroatoms. The zero-order valence-corrected chi connectivity index (χ0v) is 14.5. The van der Waals surface area contributed by atoms with Gasteiger partial charge in [-0.25, -0.2) is 26.9 Å². The monoisotopic (exact) mass is 383 g/mol. The molecular formula is C16H12ClF2N3O2S. The number of sulfone groups is 1. The van der Waals surface area contributed by atoms with Gasteiger partial charge in [0.2, 0.25) is 0 Å². The van der Waals surface area contributed by atoms with Crippen molar-refractivity contribution < 1.29 is 17.2 Å². The fourth-order valence-corrected chi connectivity index (χ4v) is 2.93. The van der Waals surface area contributed by atoms with E-state index in [1.54, 1.807) is 24.3 Å². The molecule has 0 saturated heterocycles. The van der Waals surface area contributed by atoms with Crippen molar-refractivity contribution in [3.8, 4) is 16.9 Å². The van der Waals surface area contributed by atoms with Gasteiger partial charge in [-0.2, -0.15) is 5.10 Å². The summed E-state index contributed by atoms with van der Waals surface area (Å²) >= 11 is 5.86. The van der Waals surface area contributed by atoms with Crippen molar-refractivity contribution in [1.29, 1.82) is 0 Å². The summed E-state index contributed by atoms with van der Waals surface area (Å²) in [5, 5.41) is 4.33. The van der Waals surface area contributed by atoms with E-state index >= 15 is 0 Å². The summed E-state index contributed by atoms with van der Waals surface area (Å²) in [6, 6.07) is 10.7. The lowest BCUT2D eigenvalue weighted by Crippen LogP contribution is -2.04. The molecule has 1 aromatic carbocycles. The summed E-state index contributed by atoms with van der Waals surface area (Å²) in [7, 11) is -3.45. The quantitative estimate of drug-likeness (QED) is 0.684. The lowest BCUT2D eigenvalue weighted by molar-refractivity contribution is 0.145. The third-order valence-corrected chi connectivity index (χ3v) is 4.69. The molecule has 0 amide bonds. The van der Waals surface area contributed by atoms with Gasteiger partial charge in [0.1, 0.15) is 5.69 Å². The summed E-state index contributed by atoms with van der Waals surface area (Å²) in [6.07, 6.45) is -0.426. The predicted molar refractivity (Wildman–Crippen MR) is 89.9 cm³/mol. The molecule has 0 fully saturated rings. The third kappa shape index (κ3) is 3.69. The summed E-state index contributed by atoms with van der Waals surface area (Å²) in [5.41, 5.74) is 1.03. The van der Waals surface area contributed by atoms with E-state index in [9.17, 15) is 17.2 Å². The van der Waals surface area contributed by atoms with Crippen molar-refractivity contribution in [2.45, 2.75) is 11.5 Å². The van der Waals surface area contributed by atoms with E-state index in [2.05, 4.69) is 10.1 Å². The highest BCUT2D eigenvalue weighted by molar-refractivity contribution is 7.90. The molecule has 0 N–H and O–H groups in total. The first-order chi connectivity index (χ1) is 11.8.